The molecule has 7 heteroatoms. The molecular weight excluding hydrogens is 422 g/mol. The zero-order valence-corrected chi connectivity index (χ0v) is 19.7. The van der Waals surface area contributed by atoms with E-state index in [-0.39, 0.29) is 23.4 Å². The molecule has 7 nitrogen and oxygen atoms in total. The summed E-state index contributed by atoms with van der Waals surface area (Å²) in [6, 6.07) is 11.4. The van der Waals surface area contributed by atoms with Crippen LogP contribution in [0.2, 0.25) is 0 Å². The second-order valence-electron chi connectivity index (χ2n) is 8.20. The largest absolute Gasteiger partial charge is 0.504 e. The number of ether oxygens (including phenoxy) is 2. The third-order valence-electron chi connectivity index (χ3n) is 5.75. The van der Waals surface area contributed by atoms with Gasteiger partial charge < -0.3 is 19.9 Å². The van der Waals surface area contributed by atoms with E-state index in [1.165, 1.54) is 26.4 Å². The number of hydrogen-bond acceptors (Lipinski definition) is 6. The summed E-state index contributed by atoms with van der Waals surface area (Å²) in [5, 5.41) is 12.5. The number of esters is 1. The first-order chi connectivity index (χ1) is 15.6. The van der Waals surface area contributed by atoms with Gasteiger partial charge in [-0.3, -0.25) is 14.4 Å². The Hall–Kier alpha value is -3.61. The first-order valence-electron chi connectivity index (χ1n) is 10.7. The fraction of sp³-hybridized carbons (Fsp3) is 0.346. The van der Waals surface area contributed by atoms with Crippen molar-refractivity contribution in [1.29, 1.82) is 0 Å². The fourth-order valence-electron chi connectivity index (χ4n) is 3.42. The minimum Gasteiger partial charge on any atom is -0.504 e. The minimum absolute atomic E-state index is 0.0255. The number of nitrogens with one attached hydrogen (secondary N) is 1. The molecule has 176 valence electrons. The van der Waals surface area contributed by atoms with Gasteiger partial charge in [-0.25, -0.2) is 0 Å². The number of allylic oxidation sites excluding steroid dienone is 1. The molecule has 0 bridgehead atoms. The van der Waals surface area contributed by atoms with Crippen molar-refractivity contribution in [2.24, 2.45) is 11.3 Å². The van der Waals surface area contributed by atoms with Crippen LogP contribution in [-0.2, 0) is 14.3 Å². The van der Waals surface area contributed by atoms with E-state index in [2.05, 4.69) is 5.32 Å². The van der Waals surface area contributed by atoms with E-state index < -0.39 is 11.3 Å². The highest BCUT2D eigenvalue weighted by Crippen LogP contribution is 2.32. The quantitative estimate of drug-likeness (QED) is 0.303. The highest BCUT2D eigenvalue weighted by molar-refractivity contribution is 6.07. The molecule has 0 aliphatic carbocycles. The molecule has 2 aromatic rings. The first-order valence-corrected chi connectivity index (χ1v) is 10.7. The molecule has 0 heterocycles. The maximum absolute atomic E-state index is 12.9. The van der Waals surface area contributed by atoms with Crippen LogP contribution in [0.15, 0.2) is 48.5 Å². The van der Waals surface area contributed by atoms with Gasteiger partial charge in [0.2, 0.25) is 5.91 Å². The van der Waals surface area contributed by atoms with Crippen LogP contribution in [0.1, 0.15) is 49.5 Å². The maximum atomic E-state index is 12.9. The third-order valence-corrected chi connectivity index (χ3v) is 5.75. The number of methoxy groups -OCH3 is 2. The lowest BCUT2D eigenvalue weighted by atomic mass is 9.78. The Morgan fingerprint density at radius 3 is 2.36 bits per heavy atom. The summed E-state index contributed by atoms with van der Waals surface area (Å²) in [7, 11) is 2.79. The highest BCUT2D eigenvalue weighted by Gasteiger charge is 2.35. The van der Waals surface area contributed by atoms with Crippen LogP contribution in [-0.4, -0.2) is 37.0 Å². The smallest absolute Gasteiger partial charge is 0.308 e. The van der Waals surface area contributed by atoms with Gasteiger partial charge >= 0.3 is 5.97 Å². The Balaban J connectivity index is 2.06. The van der Waals surface area contributed by atoms with E-state index in [1.54, 1.807) is 49.4 Å². The minimum atomic E-state index is -0.740. The first kappa shape index (κ1) is 25.6. The normalized spacial score (nSPS) is 13.7. The van der Waals surface area contributed by atoms with Crippen molar-refractivity contribution in [1.82, 2.24) is 0 Å². The zero-order chi connectivity index (χ0) is 24.6. The summed E-state index contributed by atoms with van der Waals surface area (Å²) >= 11 is 0. The van der Waals surface area contributed by atoms with E-state index in [0.717, 1.165) is 0 Å². The Morgan fingerprint density at radius 1 is 1.12 bits per heavy atom. The van der Waals surface area contributed by atoms with Gasteiger partial charge in [0, 0.05) is 16.7 Å². The average molecular weight is 454 g/mol. The van der Waals surface area contributed by atoms with E-state index in [1.807, 2.05) is 13.8 Å². The molecule has 2 aromatic carbocycles. The van der Waals surface area contributed by atoms with E-state index in [0.29, 0.717) is 35.4 Å². The summed E-state index contributed by atoms with van der Waals surface area (Å²) in [4.78, 5) is 37.2. The molecule has 0 aromatic heterocycles. The van der Waals surface area contributed by atoms with Gasteiger partial charge in [-0.05, 0) is 60.9 Å². The molecule has 1 amide bonds. The SMILES string of the molecule is CCC(C)(CC(C)C(=O)OC)C(=O)Nc1ccc(C(=O)/C=C/c2ccc(O)c(OC)c2)cc1. The van der Waals surface area contributed by atoms with Crippen molar-refractivity contribution in [3.63, 3.8) is 0 Å². The fourth-order valence-corrected chi connectivity index (χ4v) is 3.42. The highest BCUT2D eigenvalue weighted by atomic mass is 16.5. The summed E-state index contributed by atoms with van der Waals surface area (Å²) in [5.74, 6) is -0.788. The lowest BCUT2D eigenvalue weighted by Gasteiger charge is -2.29. The van der Waals surface area contributed by atoms with Gasteiger partial charge in [-0.2, -0.15) is 0 Å². The van der Waals surface area contributed by atoms with Gasteiger partial charge in [0.1, 0.15) is 0 Å². The number of phenols is 1. The molecule has 0 aliphatic heterocycles. The number of aromatic hydroxyl groups is 1. The topological polar surface area (TPSA) is 102 Å². The molecule has 2 rings (SSSR count). The molecule has 0 radical (unpaired) electrons. The third kappa shape index (κ3) is 6.68. The lowest BCUT2D eigenvalue weighted by Crippen LogP contribution is -2.36. The van der Waals surface area contributed by atoms with E-state index in [9.17, 15) is 19.5 Å². The average Bonchev–Trinajstić information content (AvgIpc) is 2.82. The monoisotopic (exact) mass is 453 g/mol. The summed E-state index contributed by atoms with van der Waals surface area (Å²) < 4.78 is 9.84. The second-order valence-corrected chi connectivity index (χ2v) is 8.20. The molecule has 0 spiro atoms. The van der Waals surface area contributed by atoms with E-state index in [4.69, 9.17) is 9.47 Å². The van der Waals surface area contributed by atoms with E-state index >= 15 is 0 Å². The van der Waals surface area contributed by atoms with Crippen molar-refractivity contribution < 1.29 is 29.0 Å². The van der Waals surface area contributed by atoms with Gasteiger partial charge in [0.25, 0.3) is 0 Å². The molecule has 0 fully saturated rings. The Bertz CT molecular complexity index is 1030. The molecular formula is C26H31NO6. The van der Waals surface area contributed by atoms with Gasteiger partial charge in [-0.1, -0.05) is 32.9 Å². The molecule has 2 N–H and O–H groups in total. The summed E-state index contributed by atoms with van der Waals surface area (Å²) in [5.41, 5.74) is 0.999. The second kappa shape index (κ2) is 11.3. The predicted octanol–water partition coefficient (Wildman–Crippen LogP) is 4.85. The number of carbonyl (C=O) groups excluding carboxylic acids is 3. The van der Waals surface area contributed by atoms with Crippen LogP contribution in [0, 0.1) is 11.3 Å². The van der Waals surface area contributed by atoms with Crippen molar-refractivity contribution >= 4 is 29.4 Å². The summed E-state index contributed by atoms with van der Waals surface area (Å²) in [6.07, 6.45) is 3.99. The van der Waals surface area contributed by atoms with Gasteiger partial charge in [0.15, 0.2) is 17.3 Å². The molecule has 0 saturated carbocycles. The van der Waals surface area contributed by atoms with Crippen molar-refractivity contribution in [2.75, 3.05) is 19.5 Å². The lowest BCUT2D eigenvalue weighted by molar-refractivity contribution is -0.146. The number of benzene rings is 2. The molecule has 0 aliphatic rings. The van der Waals surface area contributed by atoms with Crippen LogP contribution < -0.4 is 10.1 Å². The van der Waals surface area contributed by atoms with Crippen molar-refractivity contribution in [2.45, 2.75) is 33.6 Å². The number of carbonyl (C=O) groups is 3. The van der Waals surface area contributed by atoms with Crippen molar-refractivity contribution in [3.05, 3.63) is 59.7 Å². The number of amides is 1. The van der Waals surface area contributed by atoms with Crippen LogP contribution in [0.4, 0.5) is 5.69 Å². The van der Waals surface area contributed by atoms with Crippen molar-refractivity contribution in [3.8, 4) is 11.5 Å². The number of rotatable bonds is 10. The number of ketones is 1. The Morgan fingerprint density at radius 2 is 1.79 bits per heavy atom. The predicted molar refractivity (Wildman–Crippen MR) is 127 cm³/mol. The molecule has 33 heavy (non-hydrogen) atoms. The molecule has 2 atom stereocenters. The van der Waals surface area contributed by atoms with Gasteiger partial charge in [0.05, 0.1) is 20.1 Å². The standard InChI is InChI=1S/C26H31NO6/c1-6-26(3,16-17(2)24(30)33-5)25(31)27-20-11-9-19(10-12-20)21(28)13-7-18-8-14-22(29)23(15-18)32-4/h7-15,17,29H,6,16H2,1-5H3,(H,27,31)/b13-7+. The number of phenolic OH excluding ortho intramolecular Hbond substituents is 1. The summed E-state index contributed by atoms with van der Waals surface area (Å²) in [6.45, 7) is 5.47. The number of anilines is 1. The van der Waals surface area contributed by atoms with Crippen LogP contribution in [0.3, 0.4) is 0 Å². The Labute approximate surface area is 194 Å². The van der Waals surface area contributed by atoms with Crippen LogP contribution >= 0.6 is 0 Å². The number of hydrogen-bond donors (Lipinski definition) is 2. The van der Waals surface area contributed by atoms with Crippen LogP contribution in [0.25, 0.3) is 6.08 Å². The zero-order valence-electron chi connectivity index (χ0n) is 19.7. The molecule has 0 saturated heterocycles. The maximum Gasteiger partial charge on any atom is 0.308 e. The van der Waals surface area contributed by atoms with Crippen LogP contribution in [0.5, 0.6) is 11.5 Å². The molecule has 2 unspecified atom stereocenters. The van der Waals surface area contributed by atoms with Gasteiger partial charge in [-0.15, -0.1) is 0 Å². The Kier molecular flexibility index (Phi) is 8.79.